The van der Waals surface area contributed by atoms with E-state index in [9.17, 15) is 9.18 Å². The average Bonchev–Trinajstić information content (AvgIpc) is 2.83. The zero-order chi connectivity index (χ0) is 16.9. The Morgan fingerprint density at radius 1 is 1.17 bits per heavy atom. The molecule has 0 aromatic heterocycles. The van der Waals surface area contributed by atoms with E-state index in [0.717, 1.165) is 23.3 Å². The van der Waals surface area contributed by atoms with Crippen molar-refractivity contribution in [1.29, 1.82) is 0 Å². The number of thioether (sulfide) groups is 1. The Kier molecular flexibility index (Phi) is 5.80. The lowest BCUT2D eigenvalue weighted by molar-refractivity contribution is -0.130. The highest BCUT2D eigenvalue weighted by molar-refractivity contribution is 7.99. The van der Waals surface area contributed by atoms with Crippen molar-refractivity contribution < 1.29 is 9.18 Å². The topological polar surface area (TPSA) is 20.3 Å². The summed E-state index contributed by atoms with van der Waals surface area (Å²) in [6, 6.07) is 14.4. The Hall–Kier alpha value is -1.52. The van der Waals surface area contributed by atoms with Crippen molar-refractivity contribution in [3.8, 4) is 0 Å². The number of hydrogen-bond donors (Lipinski definition) is 0. The molecular formula is C19H19ClFNOS. The number of carbonyl (C=O) groups is 1. The standard InChI is InChI=1S/C19H19ClFNOS/c20-16-7-3-1-5-14(16)13-19(23)22-10-9-18(24-12-11-22)15-6-2-4-8-17(15)21/h1-8,18H,9-13H2. The molecule has 0 N–H and O–H groups in total. The molecule has 1 atom stereocenters. The second-order valence-corrected chi connectivity index (χ2v) is 7.54. The van der Waals surface area contributed by atoms with E-state index in [0.29, 0.717) is 24.5 Å². The predicted molar refractivity (Wildman–Crippen MR) is 98.0 cm³/mol. The minimum atomic E-state index is -0.161. The van der Waals surface area contributed by atoms with E-state index in [1.807, 2.05) is 35.2 Å². The molecule has 2 aromatic rings. The van der Waals surface area contributed by atoms with Crippen LogP contribution in [-0.2, 0) is 11.2 Å². The summed E-state index contributed by atoms with van der Waals surface area (Å²) < 4.78 is 14.0. The zero-order valence-corrected chi connectivity index (χ0v) is 14.8. The van der Waals surface area contributed by atoms with Gasteiger partial charge in [-0.2, -0.15) is 11.8 Å². The van der Waals surface area contributed by atoms with Gasteiger partial charge in [-0.1, -0.05) is 48.0 Å². The molecule has 1 aliphatic rings. The van der Waals surface area contributed by atoms with Crippen LogP contribution in [0.5, 0.6) is 0 Å². The number of hydrogen-bond acceptors (Lipinski definition) is 2. The van der Waals surface area contributed by atoms with E-state index < -0.39 is 0 Å². The minimum absolute atomic E-state index is 0.0814. The van der Waals surface area contributed by atoms with E-state index in [2.05, 4.69) is 0 Å². The number of nitrogens with zero attached hydrogens (tertiary/aromatic N) is 1. The Bertz CT molecular complexity index is 724. The molecule has 1 heterocycles. The van der Waals surface area contributed by atoms with Crippen LogP contribution in [0.15, 0.2) is 48.5 Å². The Labute approximate surface area is 151 Å². The van der Waals surface area contributed by atoms with Crippen molar-refractivity contribution in [2.24, 2.45) is 0 Å². The molecule has 1 fully saturated rings. The molecule has 1 saturated heterocycles. The zero-order valence-electron chi connectivity index (χ0n) is 13.3. The largest absolute Gasteiger partial charge is 0.342 e. The van der Waals surface area contributed by atoms with E-state index in [1.165, 1.54) is 6.07 Å². The average molecular weight is 364 g/mol. The van der Waals surface area contributed by atoms with E-state index >= 15 is 0 Å². The summed E-state index contributed by atoms with van der Waals surface area (Å²) in [5, 5.41) is 0.726. The van der Waals surface area contributed by atoms with Crippen molar-refractivity contribution in [3.63, 3.8) is 0 Å². The molecule has 5 heteroatoms. The molecule has 24 heavy (non-hydrogen) atoms. The number of amides is 1. The first-order valence-electron chi connectivity index (χ1n) is 8.02. The van der Waals surface area contributed by atoms with Crippen LogP contribution >= 0.6 is 23.4 Å². The van der Waals surface area contributed by atoms with Crippen LogP contribution in [0.3, 0.4) is 0 Å². The lowest BCUT2D eigenvalue weighted by Crippen LogP contribution is -2.34. The Morgan fingerprint density at radius 2 is 1.92 bits per heavy atom. The second-order valence-electron chi connectivity index (χ2n) is 5.82. The second kappa shape index (κ2) is 8.04. The molecule has 2 nitrogen and oxygen atoms in total. The van der Waals surface area contributed by atoms with E-state index in [1.54, 1.807) is 23.9 Å². The smallest absolute Gasteiger partial charge is 0.227 e. The van der Waals surface area contributed by atoms with Gasteiger partial charge in [-0.15, -0.1) is 0 Å². The third kappa shape index (κ3) is 4.11. The first-order chi connectivity index (χ1) is 11.6. The molecule has 2 aromatic carbocycles. The van der Waals surface area contributed by atoms with Crippen LogP contribution in [0.2, 0.25) is 5.02 Å². The highest BCUT2D eigenvalue weighted by Gasteiger charge is 2.24. The van der Waals surface area contributed by atoms with Gasteiger partial charge in [-0.3, -0.25) is 4.79 Å². The molecule has 1 amide bonds. The minimum Gasteiger partial charge on any atom is -0.342 e. The fourth-order valence-electron chi connectivity index (χ4n) is 2.92. The SMILES string of the molecule is O=C(Cc1ccccc1Cl)N1CCSC(c2ccccc2F)CC1. The van der Waals surface area contributed by atoms with Crippen molar-refractivity contribution >= 4 is 29.3 Å². The van der Waals surface area contributed by atoms with E-state index in [4.69, 9.17) is 11.6 Å². The van der Waals surface area contributed by atoms with Crippen molar-refractivity contribution in [3.05, 3.63) is 70.5 Å². The molecular weight excluding hydrogens is 345 g/mol. The van der Waals surface area contributed by atoms with Crippen molar-refractivity contribution in [1.82, 2.24) is 4.90 Å². The van der Waals surface area contributed by atoms with Crippen LogP contribution in [0.25, 0.3) is 0 Å². The first kappa shape index (κ1) is 17.3. The Morgan fingerprint density at radius 3 is 2.71 bits per heavy atom. The van der Waals surface area contributed by atoms with Gasteiger partial charge in [0.2, 0.25) is 5.91 Å². The number of carbonyl (C=O) groups excluding carboxylic acids is 1. The van der Waals surface area contributed by atoms with Gasteiger partial charge < -0.3 is 4.90 Å². The molecule has 1 unspecified atom stereocenters. The summed E-state index contributed by atoms with van der Waals surface area (Å²) >= 11 is 7.87. The maximum absolute atomic E-state index is 14.0. The molecule has 0 spiro atoms. The third-order valence-corrected chi connectivity index (χ3v) is 5.92. The van der Waals surface area contributed by atoms with Crippen molar-refractivity contribution in [2.75, 3.05) is 18.8 Å². The van der Waals surface area contributed by atoms with Crippen LogP contribution in [0.4, 0.5) is 4.39 Å². The van der Waals surface area contributed by atoms with Gasteiger partial charge in [0.1, 0.15) is 5.82 Å². The molecule has 0 saturated carbocycles. The predicted octanol–water partition coefficient (Wildman–Crippen LogP) is 4.73. The molecule has 0 bridgehead atoms. The quantitative estimate of drug-likeness (QED) is 0.785. The lowest BCUT2D eigenvalue weighted by atomic mass is 10.1. The summed E-state index contributed by atoms with van der Waals surface area (Å²) in [7, 11) is 0. The number of rotatable bonds is 3. The summed E-state index contributed by atoms with van der Waals surface area (Å²) in [6.45, 7) is 1.34. The first-order valence-corrected chi connectivity index (χ1v) is 9.45. The van der Waals surface area contributed by atoms with Crippen molar-refractivity contribution in [2.45, 2.75) is 18.1 Å². The number of benzene rings is 2. The van der Waals surface area contributed by atoms with Crippen LogP contribution < -0.4 is 0 Å². The highest BCUT2D eigenvalue weighted by Crippen LogP contribution is 2.35. The lowest BCUT2D eigenvalue weighted by Gasteiger charge is -2.20. The fourth-order valence-corrected chi connectivity index (χ4v) is 4.38. The molecule has 0 radical (unpaired) electrons. The molecule has 0 aliphatic carbocycles. The van der Waals surface area contributed by atoms with Gasteiger partial charge in [0.25, 0.3) is 0 Å². The number of halogens is 2. The maximum atomic E-state index is 14.0. The summed E-state index contributed by atoms with van der Waals surface area (Å²) in [4.78, 5) is 14.4. The van der Waals surface area contributed by atoms with Gasteiger partial charge in [-0.05, 0) is 24.1 Å². The summed E-state index contributed by atoms with van der Waals surface area (Å²) in [5.41, 5.74) is 1.59. The molecule has 1 aliphatic heterocycles. The van der Waals surface area contributed by atoms with Gasteiger partial charge in [0.05, 0.1) is 6.42 Å². The van der Waals surface area contributed by atoms with Gasteiger partial charge in [-0.25, -0.2) is 4.39 Å². The third-order valence-electron chi connectivity index (χ3n) is 4.25. The van der Waals surface area contributed by atoms with Gasteiger partial charge in [0.15, 0.2) is 0 Å². The van der Waals surface area contributed by atoms with Crippen LogP contribution in [0, 0.1) is 5.82 Å². The summed E-state index contributed by atoms with van der Waals surface area (Å²) in [5.74, 6) is 0.733. The summed E-state index contributed by atoms with van der Waals surface area (Å²) in [6.07, 6.45) is 1.08. The Balaban J connectivity index is 1.64. The van der Waals surface area contributed by atoms with Crippen LogP contribution in [-0.4, -0.2) is 29.6 Å². The van der Waals surface area contributed by atoms with E-state index in [-0.39, 0.29) is 17.0 Å². The van der Waals surface area contributed by atoms with Gasteiger partial charge in [0, 0.05) is 34.7 Å². The monoisotopic (exact) mass is 363 g/mol. The highest BCUT2D eigenvalue weighted by atomic mass is 35.5. The molecule has 126 valence electrons. The van der Waals surface area contributed by atoms with Gasteiger partial charge >= 0.3 is 0 Å². The normalized spacial score (nSPS) is 18.2. The maximum Gasteiger partial charge on any atom is 0.227 e. The van der Waals surface area contributed by atoms with Crippen LogP contribution in [0.1, 0.15) is 22.8 Å². The fraction of sp³-hybridized carbons (Fsp3) is 0.316. The molecule has 3 rings (SSSR count).